The molecule has 0 aliphatic carbocycles. The second-order valence-electron chi connectivity index (χ2n) is 6.33. The van der Waals surface area contributed by atoms with E-state index >= 15 is 0 Å². The van der Waals surface area contributed by atoms with Crippen molar-refractivity contribution in [1.82, 2.24) is 5.32 Å². The lowest BCUT2D eigenvalue weighted by Crippen LogP contribution is -2.26. The molecule has 0 spiro atoms. The molecule has 0 heterocycles. The molecule has 132 valence electrons. The number of halogens is 1. The molecule has 0 radical (unpaired) electrons. The molecule has 3 rings (SSSR count). The summed E-state index contributed by atoms with van der Waals surface area (Å²) in [5.41, 5.74) is 7.08. The van der Waals surface area contributed by atoms with Crippen molar-refractivity contribution in [2.24, 2.45) is 4.99 Å². The van der Waals surface area contributed by atoms with E-state index in [1.807, 2.05) is 6.07 Å². The first-order chi connectivity index (χ1) is 12.7. The third kappa shape index (κ3) is 4.33. The van der Waals surface area contributed by atoms with Gasteiger partial charge in [0.25, 0.3) is 0 Å². The Morgan fingerprint density at radius 3 is 2.31 bits per heavy atom. The largest absolute Gasteiger partial charge is 0.366 e. The van der Waals surface area contributed by atoms with Crippen molar-refractivity contribution in [2.75, 3.05) is 6.00 Å². The molecular formula is C23H23ClN2. The predicted molar refractivity (Wildman–Crippen MR) is 112 cm³/mol. The summed E-state index contributed by atoms with van der Waals surface area (Å²) in [6.07, 6.45) is 0. The Morgan fingerprint density at radius 1 is 0.885 bits per heavy atom. The molecule has 0 bridgehead atoms. The summed E-state index contributed by atoms with van der Waals surface area (Å²) in [4.78, 5) is 4.54. The molecule has 0 fully saturated rings. The van der Waals surface area contributed by atoms with Crippen molar-refractivity contribution in [1.29, 1.82) is 0 Å². The molecular weight excluding hydrogens is 340 g/mol. The number of alkyl halides is 1. The number of nitrogens with zero attached hydrogens (tertiary/aromatic N) is 1. The minimum absolute atomic E-state index is 0.221. The van der Waals surface area contributed by atoms with Gasteiger partial charge in [-0.05, 0) is 36.1 Å². The van der Waals surface area contributed by atoms with Crippen LogP contribution < -0.4 is 5.32 Å². The van der Waals surface area contributed by atoms with Gasteiger partial charge in [-0.15, -0.1) is 11.6 Å². The summed E-state index contributed by atoms with van der Waals surface area (Å²) in [5, 5.41) is 3.49. The summed E-state index contributed by atoms with van der Waals surface area (Å²) in [7, 11) is 0. The number of aryl methyl sites for hydroxylation is 2. The van der Waals surface area contributed by atoms with Gasteiger partial charge in [0.15, 0.2) is 0 Å². The van der Waals surface area contributed by atoms with Gasteiger partial charge in [-0.3, -0.25) is 4.99 Å². The Balaban J connectivity index is 1.95. The van der Waals surface area contributed by atoms with E-state index in [0.717, 1.165) is 17.0 Å². The number of rotatable bonds is 5. The third-order valence-electron chi connectivity index (χ3n) is 4.39. The van der Waals surface area contributed by atoms with E-state index in [0.29, 0.717) is 6.54 Å². The Kier molecular flexibility index (Phi) is 6.08. The molecule has 0 unspecified atom stereocenters. The highest BCUT2D eigenvalue weighted by atomic mass is 35.5. The number of amidine groups is 1. The third-order valence-corrected chi connectivity index (χ3v) is 4.51. The zero-order valence-corrected chi connectivity index (χ0v) is 15.9. The molecule has 0 aliphatic heterocycles. The predicted octanol–water partition coefficient (Wildman–Crippen LogP) is 5.70. The molecule has 2 nitrogen and oxygen atoms in total. The second kappa shape index (κ2) is 8.68. The summed E-state index contributed by atoms with van der Waals surface area (Å²) >= 11 is 5.97. The van der Waals surface area contributed by atoms with Crippen molar-refractivity contribution in [3.8, 4) is 11.1 Å². The fraction of sp³-hybridized carbons (Fsp3) is 0.174. The van der Waals surface area contributed by atoms with Crippen molar-refractivity contribution < 1.29 is 0 Å². The summed E-state index contributed by atoms with van der Waals surface area (Å²) in [5.74, 6) is 0.831. The van der Waals surface area contributed by atoms with Crippen LogP contribution in [0.3, 0.4) is 0 Å². The number of aliphatic imine (C=N–C) groups is 1. The van der Waals surface area contributed by atoms with Crippen LogP contribution in [0.4, 0.5) is 0 Å². The first-order valence-electron chi connectivity index (χ1n) is 8.74. The highest BCUT2D eigenvalue weighted by molar-refractivity contribution is 6.19. The fourth-order valence-corrected chi connectivity index (χ4v) is 3.13. The van der Waals surface area contributed by atoms with Crippen molar-refractivity contribution in [2.45, 2.75) is 20.4 Å². The van der Waals surface area contributed by atoms with Gasteiger partial charge in [0.2, 0.25) is 0 Å². The molecule has 3 aromatic carbocycles. The molecule has 0 atom stereocenters. The standard InChI is InChI=1S/C23H23ClN2/c1-17-11-13-19(14-12-17)15-25-23(26-16-24)22-18(2)7-6-10-21(22)20-8-4-3-5-9-20/h3-14H,15-16H2,1-2H3,(H,25,26). The Morgan fingerprint density at radius 2 is 1.62 bits per heavy atom. The van der Waals surface area contributed by atoms with Gasteiger partial charge in [0.1, 0.15) is 11.8 Å². The Labute approximate surface area is 160 Å². The van der Waals surface area contributed by atoms with Crippen LogP contribution in [0, 0.1) is 13.8 Å². The number of hydrogen-bond acceptors (Lipinski definition) is 1. The minimum Gasteiger partial charge on any atom is -0.366 e. The quantitative estimate of drug-likeness (QED) is 0.267. The summed E-state index contributed by atoms with van der Waals surface area (Å²) in [6.45, 7) is 4.91. The molecule has 3 aromatic rings. The van der Waals surface area contributed by atoms with Gasteiger partial charge in [-0.25, -0.2) is 0 Å². The fourth-order valence-electron chi connectivity index (χ4n) is 3.02. The second-order valence-corrected chi connectivity index (χ2v) is 6.57. The zero-order chi connectivity index (χ0) is 18.4. The highest BCUT2D eigenvalue weighted by Gasteiger charge is 2.13. The molecule has 0 amide bonds. The first kappa shape index (κ1) is 18.2. The molecule has 0 saturated heterocycles. The number of hydrogen-bond donors (Lipinski definition) is 1. The first-order valence-corrected chi connectivity index (χ1v) is 9.27. The number of benzene rings is 3. The van der Waals surface area contributed by atoms with Crippen molar-refractivity contribution in [3.63, 3.8) is 0 Å². The van der Waals surface area contributed by atoms with Crippen LogP contribution in [-0.4, -0.2) is 11.8 Å². The van der Waals surface area contributed by atoms with E-state index in [9.17, 15) is 0 Å². The van der Waals surface area contributed by atoms with E-state index in [-0.39, 0.29) is 6.00 Å². The smallest absolute Gasteiger partial charge is 0.130 e. The number of nitrogens with one attached hydrogen (secondary N) is 1. The van der Waals surface area contributed by atoms with Crippen molar-refractivity contribution in [3.05, 3.63) is 95.1 Å². The van der Waals surface area contributed by atoms with Crippen LogP contribution >= 0.6 is 11.6 Å². The van der Waals surface area contributed by atoms with Gasteiger partial charge in [-0.1, -0.05) is 78.4 Å². The molecule has 0 aliphatic rings. The zero-order valence-electron chi connectivity index (χ0n) is 15.2. The average molecular weight is 363 g/mol. The lowest BCUT2D eigenvalue weighted by molar-refractivity contribution is 0.908. The van der Waals surface area contributed by atoms with Gasteiger partial charge in [-0.2, -0.15) is 0 Å². The van der Waals surface area contributed by atoms with Gasteiger partial charge in [0.05, 0.1) is 0 Å². The van der Waals surface area contributed by atoms with Crippen molar-refractivity contribution >= 4 is 17.4 Å². The van der Waals surface area contributed by atoms with E-state index in [4.69, 9.17) is 11.6 Å². The maximum Gasteiger partial charge on any atom is 0.130 e. The minimum atomic E-state index is 0.221. The van der Waals surface area contributed by atoms with E-state index in [1.165, 1.54) is 22.3 Å². The molecule has 3 heteroatoms. The average Bonchev–Trinajstić information content (AvgIpc) is 2.67. The van der Waals surface area contributed by atoms with E-state index in [1.54, 1.807) is 0 Å². The van der Waals surface area contributed by atoms with Gasteiger partial charge < -0.3 is 5.32 Å². The maximum absolute atomic E-state index is 5.97. The molecule has 26 heavy (non-hydrogen) atoms. The maximum atomic E-state index is 5.97. The topological polar surface area (TPSA) is 24.4 Å². The Bertz CT molecular complexity index is 884. The molecule has 0 saturated carbocycles. The van der Waals surface area contributed by atoms with Crippen LogP contribution in [0.15, 0.2) is 77.8 Å². The van der Waals surface area contributed by atoms with Gasteiger partial charge in [0, 0.05) is 12.1 Å². The Hall–Kier alpha value is -2.58. The van der Waals surface area contributed by atoms with Crippen LogP contribution in [0.25, 0.3) is 11.1 Å². The van der Waals surface area contributed by atoms with Crippen LogP contribution in [-0.2, 0) is 6.54 Å². The van der Waals surface area contributed by atoms with Crippen LogP contribution in [0.2, 0.25) is 0 Å². The molecule has 0 aromatic heterocycles. The monoisotopic (exact) mass is 362 g/mol. The normalized spacial score (nSPS) is 11.4. The van der Waals surface area contributed by atoms with E-state index < -0.39 is 0 Å². The SMILES string of the molecule is Cc1ccc(CN/C(=N/CCl)c2c(C)cccc2-c2ccccc2)cc1. The lowest BCUT2D eigenvalue weighted by Gasteiger charge is -2.17. The summed E-state index contributed by atoms with van der Waals surface area (Å²) in [6, 6.07) is 25.4. The summed E-state index contributed by atoms with van der Waals surface area (Å²) < 4.78 is 0. The van der Waals surface area contributed by atoms with Crippen LogP contribution in [0.1, 0.15) is 22.3 Å². The highest BCUT2D eigenvalue weighted by Crippen LogP contribution is 2.26. The van der Waals surface area contributed by atoms with Gasteiger partial charge >= 0.3 is 0 Å². The molecule has 1 N–H and O–H groups in total. The lowest BCUT2D eigenvalue weighted by atomic mass is 9.95. The van der Waals surface area contributed by atoms with Crippen LogP contribution in [0.5, 0.6) is 0 Å². The van der Waals surface area contributed by atoms with E-state index in [2.05, 4.69) is 90.9 Å².